The van der Waals surface area contributed by atoms with Crippen LogP contribution < -0.4 is 4.74 Å². The molecule has 1 heterocycles. The van der Waals surface area contributed by atoms with Crippen LogP contribution in [0.3, 0.4) is 0 Å². The molecule has 1 aromatic heterocycles. The maximum absolute atomic E-state index is 11.2. The molecule has 25 heavy (non-hydrogen) atoms. The van der Waals surface area contributed by atoms with Crippen LogP contribution in [0.25, 0.3) is 22.5 Å². The normalized spacial score (nSPS) is 10.1. The molecule has 5 nitrogen and oxygen atoms in total. The molecular formula is C20H14N2O3. The summed E-state index contributed by atoms with van der Waals surface area (Å²) in [6.07, 6.45) is 0. The molecule has 0 atom stereocenters. The van der Waals surface area contributed by atoms with Crippen molar-refractivity contribution in [3.8, 4) is 34.3 Å². The van der Waals surface area contributed by atoms with Gasteiger partial charge >= 0.3 is 5.97 Å². The number of carboxylic acid groups (broad SMARTS) is 1. The van der Waals surface area contributed by atoms with Crippen LogP contribution in [0.5, 0.6) is 5.75 Å². The number of benzene rings is 2. The van der Waals surface area contributed by atoms with Gasteiger partial charge in [0.05, 0.1) is 24.1 Å². The quantitative estimate of drug-likeness (QED) is 0.782. The molecule has 0 fully saturated rings. The van der Waals surface area contributed by atoms with E-state index in [1.165, 1.54) is 13.2 Å². The minimum atomic E-state index is -1.07. The van der Waals surface area contributed by atoms with E-state index in [0.717, 1.165) is 11.3 Å². The molecule has 0 spiro atoms. The van der Waals surface area contributed by atoms with Crippen LogP contribution in [0.15, 0.2) is 60.7 Å². The van der Waals surface area contributed by atoms with E-state index in [2.05, 4.69) is 11.1 Å². The molecule has 0 saturated carbocycles. The van der Waals surface area contributed by atoms with E-state index in [-0.39, 0.29) is 11.3 Å². The Hall–Kier alpha value is -3.65. The highest BCUT2D eigenvalue weighted by Crippen LogP contribution is 2.30. The number of carbonyl (C=O) groups is 1. The van der Waals surface area contributed by atoms with Gasteiger partial charge in [-0.3, -0.25) is 0 Å². The second kappa shape index (κ2) is 6.85. The summed E-state index contributed by atoms with van der Waals surface area (Å²) in [5, 5.41) is 18.6. The van der Waals surface area contributed by atoms with Crippen LogP contribution in [-0.2, 0) is 0 Å². The van der Waals surface area contributed by atoms with Crippen LogP contribution in [0, 0.1) is 11.3 Å². The van der Waals surface area contributed by atoms with Gasteiger partial charge in [-0.1, -0.05) is 36.4 Å². The van der Waals surface area contributed by atoms with Gasteiger partial charge in [-0.05, 0) is 24.3 Å². The predicted molar refractivity (Wildman–Crippen MR) is 93.3 cm³/mol. The van der Waals surface area contributed by atoms with Crippen LogP contribution in [0.2, 0.25) is 0 Å². The Kier molecular flexibility index (Phi) is 4.44. The van der Waals surface area contributed by atoms with Crippen molar-refractivity contribution in [2.75, 3.05) is 7.11 Å². The van der Waals surface area contributed by atoms with E-state index < -0.39 is 5.97 Å². The maximum Gasteiger partial charge on any atom is 0.339 e. The fourth-order valence-electron chi connectivity index (χ4n) is 2.55. The molecule has 2 aromatic carbocycles. The molecular weight excluding hydrogens is 316 g/mol. The SMILES string of the molecule is COc1cc(-c2nc(-c3ccccc3)ccc2C#N)ccc1C(=O)O. The topological polar surface area (TPSA) is 83.2 Å². The average molecular weight is 330 g/mol. The monoisotopic (exact) mass is 330 g/mol. The van der Waals surface area contributed by atoms with Crippen LogP contribution >= 0.6 is 0 Å². The zero-order valence-corrected chi connectivity index (χ0v) is 13.4. The van der Waals surface area contributed by atoms with Crippen molar-refractivity contribution in [3.63, 3.8) is 0 Å². The second-order valence-electron chi connectivity index (χ2n) is 5.29. The third-order valence-electron chi connectivity index (χ3n) is 3.79. The Balaban J connectivity index is 2.16. The molecule has 0 radical (unpaired) electrons. The summed E-state index contributed by atoms with van der Waals surface area (Å²) >= 11 is 0. The highest BCUT2D eigenvalue weighted by molar-refractivity contribution is 5.92. The molecule has 0 aliphatic rings. The number of rotatable bonds is 4. The molecule has 0 aliphatic heterocycles. The van der Waals surface area contributed by atoms with E-state index >= 15 is 0 Å². The zero-order chi connectivity index (χ0) is 17.8. The van der Waals surface area contributed by atoms with Gasteiger partial charge in [0.2, 0.25) is 0 Å². The smallest absolute Gasteiger partial charge is 0.339 e. The van der Waals surface area contributed by atoms with E-state index in [1.54, 1.807) is 24.3 Å². The minimum absolute atomic E-state index is 0.0592. The van der Waals surface area contributed by atoms with Gasteiger partial charge in [-0.25, -0.2) is 9.78 Å². The molecule has 0 saturated heterocycles. The van der Waals surface area contributed by atoms with E-state index in [0.29, 0.717) is 16.8 Å². The lowest BCUT2D eigenvalue weighted by Gasteiger charge is -2.10. The van der Waals surface area contributed by atoms with Gasteiger partial charge in [0.1, 0.15) is 17.4 Å². The number of carboxylic acids is 1. The van der Waals surface area contributed by atoms with E-state index in [9.17, 15) is 15.2 Å². The number of nitriles is 1. The fourth-order valence-corrected chi connectivity index (χ4v) is 2.55. The van der Waals surface area contributed by atoms with Crippen molar-refractivity contribution in [2.24, 2.45) is 0 Å². The molecule has 5 heteroatoms. The molecule has 1 N–H and O–H groups in total. The molecule has 0 unspecified atom stereocenters. The summed E-state index contributed by atoms with van der Waals surface area (Å²) in [5.41, 5.74) is 3.24. The number of hydrogen-bond acceptors (Lipinski definition) is 4. The van der Waals surface area contributed by atoms with E-state index in [4.69, 9.17) is 4.74 Å². The van der Waals surface area contributed by atoms with Gasteiger partial charge < -0.3 is 9.84 Å². The van der Waals surface area contributed by atoms with Crippen molar-refractivity contribution in [2.45, 2.75) is 0 Å². The van der Waals surface area contributed by atoms with Crippen LogP contribution in [0.1, 0.15) is 15.9 Å². The van der Waals surface area contributed by atoms with Crippen molar-refractivity contribution in [1.82, 2.24) is 4.98 Å². The standard InChI is InChI=1S/C20H14N2O3/c1-25-18-11-14(7-9-16(18)20(23)24)19-15(12-21)8-10-17(22-19)13-5-3-2-4-6-13/h2-11H,1H3,(H,23,24). The lowest BCUT2D eigenvalue weighted by atomic mass is 10.0. The van der Waals surface area contributed by atoms with Crippen molar-refractivity contribution >= 4 is 5.97 Å². The molecule has 3 aromatic rings. The lowest BCUT2D eigenvalue weighted by molar-refractivity contribution is 0.0693. The summed E-state index contributed by atoms with van der Waals surface area (Å²) in [7, 11) is 1.41. The molecule has 0 aliphatic carbocycles. The number of aromatic carboxylic acids is 1. The summed E-state index contributed by atoms with van der Waals surface area (Å²) < 4.78 is 5.17. The third kappa shape index (κ3) is 3.19. The second-order valence-corrected chi connectivity index (χ2v) is 5.29. The van der Waals surface area contributed by atoms with Crippen molar-refractivity contribution in [3.05, 3.63) is 71.8 Å². The molecule has 0 bridgehead atoms. The summed E-state index contributed by atoms with van der Waals surface area (Å²) in [6, 6.07) is 19.9. The Morgan fingerprint density at radius 2 is 1.84 bits per heavy atom. The largest absolute Gasteiger partial charge is 0.496 e. The lowest BCUT2D eigenvalue weighted by Crippen LogP contribution is -2.01. The Morgan fingerprint density at radius 3 is 2.48 bits per heavy atom. The van der Waals surface area contributed by atoms with E-state index in [1.807, 2.05) is 30.3 Å². The first kappa shape index (κ1) is 16.2. The van der Waals surface area contributed by atoms with Gasteiger partial charge in [0, 0.05) is 11.1 Å². The van der Waals surface area contributed by atoms with Crippen LogP contribution in [0.4, 0.5) is 0 Å². The highest BCUT2D eigenvalue weighted by atomic mass is 16.5. The first-order chi connectivity index (χ1) is 12.1. The highest BCUT2D eigenvalue weighted by Gasteiger charge is 2.15. The third-order valence-corrected chi connectivity index (χ3v) is 3.79. The summed E-state index contributed by atoms with van der Waals surface area (Å²) in [6.45, 7) is 0. The fraction of sp³-hybridized carbons (Fsp3) is 0.0500. The summed E-state index contributed by atoms with van der Waals surface area (Å²) in [5.74, 6) is -0.851. The summed E-state index contributed by atoms with van der Waals surface area (Å²) in [4.78, 5) is 15.9. The molecule has 122 valence electrons. The maximum atomic E-state index is 11.2. The van der Waals surface area contributed by atoms with Crippen molar-refractivity contribution < 1.29 is 14.6 Å². The van der Waals surface area contributed by atoms with Crippen molar-refractivity contribution in [1.29, 1.82) is 5.26 Å². The van der Waals surface area contributed by atoms with Crippen LogP contribution in [-0.4, -0.2) is 23.2 Å². The van der Waals surface area contributed by atoms with Gasteiger partial charge in [-0.15, -0.1) is 0 Å². The number of methoxy groups -OCH3 is 1. The first-order valence-corrected chi connectivity index (χ1v) is 7.52. The number of ether oxygens (including phenoxy) is 1. The number of hydrogen-bond donors (Lipinski definition) is 1. The van der Waals surface area contributed by atoms with Gasteiger partial charge in [0.25, 0.3) is 0 Å². The first-order valence-electron chi connectivity index (χ1n) is 7.52. The minimum Gasteiger partial charge on any atom is -0.496 e. The average Bonchev–Trinajstić information content (AvgIpc) is 2.67. The Bertz CT molecular complexity index is 976. The zero-order valence-electron chi connectivity index (χ0n) is 13.4. The molecule has 3 rings (SSSR count). The Labute approximate surface area is 144 Å². The molecule has 0 amide bonds. The van der Waals surface area contributed by atoms with Gasteiger partial charge in [-0.2, -0.15) is 5.26 Å². The Morgan fingerprint density at radius 1 is 1.08 bits per heavy atom. The number of aromatic nitrogens is 1. The van der Waals surface area contributed by atoms with Gasteiger partial charge in [0.15, 0.2) is 0 Å². The number of pyridine rings is 1. The number of nitrogens with zero attached hydrogens (tertiary/aromatic N) is 2. The predicted octanol–water partition coefficient (Wildman–Crippen LogP) is 3.99.